The third kappa shape index (κ3) is 4.94. The van der Waals surface area contributed by atoms with E-state index in [1.807, 2.05) is 6.92 Å². The minimum absolute atomic E-state index is 0. The standard InChI is InChI=1S/C17H25N3O3S.ClH/c1-2-19-16(22)15-12-5-3-4-6-13(12)24-17(15)20-14(21)9-11-10-18-7-8-23-11;/h11,18H,2-10H2,1H3,(H,19,22)(H,20,21);1H. The molecule has 0 saturated carbocycles. The van der Waals surface area contributed by atoms with Crippen LogP contribution in [0, 0.1) is 0 Å². The summed E-state index contributed by atoms with van der Waals surface area (Å²) in [6.07, 6.45) is 4.38. The van der Waals surface area contributed by atoms with Crippen molar-refractivity contribution < 1.29 is 14.3 Å². The Bertz CT molecular complexity index is 615. The van der Waals surface area contributed by atoms with Crippen LogP contribution < -0.4 is 16.0 Å². The Balaban J connectivity index is 0.00000225. The molecular formula is C17H26ClN3O3S. The van der Waals surface area contributed by atoms with Crippen LogP contribution in [0.3, 0.4) is 0 Å². The van der Waals surface area contributed by atoms with Crippen LogP contribution >= 0.6 is 23.7 Å². The Hall–Kier alpha value is -1.15. The van der Waals surface area contributed by atoms with Crippen LogP contribution in [0.1, 0.15) is 47.0 Å². The van der Waals surface area contributed by atoms with Crippen LogP contribution in [-0.2, 0) is 22.4 Å². The molecule has 1 atom stereocenters. The number of nitrogens with one attached hydrogen (secondary N) is 3. The number of hydrogen-bond donors (Lipinski definition) is 3. The van der Waals surface area contributed by atoms with E-state index in [0.29, 0.717) is 36.7 Å². The zero-order valence-corrected chi connectivity index (χ0v) is 16.1. The van der Waals surface area contributed by atoms with Crippen LogP contribution in [0.4, 0.5) is 5.00 Å². The molecule has 1 aromatic heterocycles. The summed E-state index contributed by atoms with van der Waals surface area (Å²) in [5.74, 6) is -0.171. The van der Waals surface area contributed by atoms with Gasteiger partial charge in [-0.2, -0.15) is 0 Å². The molecule has 3 N–H and O–H groups in total. The Morgan fingerprint density at radius 3 is 2.84 bits per heavy atom. The van der Waals surface area contributed by atoms with Gasteiger partial charge in [-0.3, -0.25) is 9.59 Å². The van der Waals surface area contributed by atoms with Crippen molar-refractivity contribution in [2.45, 2.75) is 45.1 Å². The molecule has 2 aliphatic rings. The lowest BCUT2D eigenvalue weighted by Crippen LogP contribution is -2.40. The molecule has 1 aromatic rings. The quantitative estimate of drug-likeness (QED) is 0.723. The fourth-order valence-electron chi connectivity index (χ4n) is 3.28. The summed E-state index contributed by atoms with van der Waals surface area (Å²) < 4.78 is 5.58. The van der Waals surface area contributed by atoms with Crippen molar-refractivity contribution >= 4 is 40.6 Å². The molecule has 1 unspecified atom stereocenters. The smallest absolute Gasteiger partial charge is 0.254 e. The first-order valence-corrected chi connectivity index (χ1v) is 9.55. The molecule has 1 saturated heterocycles. The number of amides is 2. The van der Waals surface area contributed by atoms with Crippen molar-refractivity contribution in [2.75, 3.05) is 31.6 Å². The number of carbonyl (C=O) groups is 2. The van der Waals surface area contributed by atoms with Gasteiger partial charge in [0.1, 0.15) is 5.00 Å². The van der Waals surface area contributed by atoms with Crippen LogP contribution in [0.15, 0.2) is 0 Å². The number of hydrogen-bond acceptors (Lipinski definition) is 5. The van der Waals surface area contributed by atoms with E-state index >= 15 is 0 Å². The maximum absolute atomic E-state index is 12.5. The molecular weight excluding hydrogens is 362 g/mol. The van der Waals surface area contributed by atoms with Crippen molar-refractivity contribution in [3.63, 3.8) is 0 Å². The Morgan fingerprint density at radius 1 is 1.32 bits per heavy atom. The second-order valence-electron chi connectivity index (χ2n) is 6.22. The van der Waals surface area contributed by atoms with Gasteiger partial charge in [0.2, 0.25) is 5.91 Å². The lowest BCUT2D eigenvalue weighted by molar-refractivity contribution is -0.119. The van der Waals surface area contributed by atoms with Crippen LogP contribution in [0.5, 0.6) is 0 Å². The van der Waals surface area contributed by atoms with Crippen molar-refractivity contribution in [3.05, 3.63) is 16.0 Å². The molecule has 1 aliphatic carbocycles. The SMILES string of the molecule is CCNC(=O)c1c(NC(=O)CC2CNCCO2)sc2c1CCCC2.Cl. The number of anilines is 1. The van der Waals surface area contributed by atoms with Gasteiger partial charge < -0.3 is 20.7 Å². The second-order valence-corrected chi connectivity index (χ2v) is 7.33. The molecule has 3 rings (SSSR count). The van der Waals surface area contributed by atoms with Crippen LogP contribution in [-0.4, -0.2) is 44.2 Å². The largest absolute Gasteiger partial charge is 0.375 e. The summed E-state index contributed by atoms with van der Waals surface area (Å²) in [5.41, 5.74) is 1.80. The van der Waals surface area contributed by atoms with Gasteiger partial charge in [-0.1, -0.05) is 0 Å². The van der Waals surface area contributed by atoms with E-state index < -0.39 is 0 Å². The summed E-state index contributed by atoms with van der Waals surface area (Å²) in [5, 5.41) is 9.76. The fourth-order valence-corrected chi connectivity index (χ4v) is 4.58. The average molecular weight is 388 g/mol. The van der Waals surface area contributed by atoms with E-state index in [4.69, 9.17) is 4.74 Å². The monoisotopic (exact) mass is 387 g/mol. The lowest BCUT2D eigenvalue weighted by Gasteiger charge is -2.23. The van der Waals surface area contributed by atoms with E-state index in [-0.39, 0.29) is 30.3 Å². The first-order chi connectivity index (χ1) is 11.7. The predicted octanol–water partition coefficient (Wildman–Crippen LogP) is 2.12. The number of carbonyl (C=O) groups excluding carboxylic acids is 2. The van der Waals surface area contributed by atoms with Gasteiger partial charge in [-0.05, 0) is 38.2 Å². The number of rotatable bonds is 5. The van der Waals surface area contributed by atoms with Gasteiger partial charge >= 0.3 is 0 Å². The summed E-state index contributed by atoms with van der Waals surface area (Å²) in [6.45, 7) is 4.64. The van der Waals surface area contributed by atoms with Gasteiger partial charge in [-0.25, -0.2) is 0 Å². The third-order valence-electron chi connectivity index (χ3n) is 4.41. The Kier molecular flexibility index (Phi) is 7.68. The topological polar surface area (TPSA) is 79.5 Å². The molecule has 6 nitrogen and oxygen atoms in total. The Labute approximate surface area is 158 Å². The molecule has 0 spiro atoms. The highest BCUT2D eigenvalue weighted by atomic mass is 35.5. The van der Waals surface area contributed by atoms with E-state index in [1.54, 1.807) is 11.3 Å². The number of aryl methyl sites for hydroxylation is 1. The maximum atomic E-state index is 12.5. The minimum atomic E-state index is -0.0961. The number of ether oxygens (including phenoxy) is 1. The highest BCUT2D eigenvalue weighted by molar-refractivity contribution is 7.17. The summed E-state index contributed by atoms with van der Waals surface area (Å²) in [4.78, 5) is 26.1. The number of halogens is 1. The Morgan fingerprint density at radius 2 is 2.12 bits per heavy atom. The summed E-state index contributed by atoms with van der Waals surface area (Å²) >= 11 is 1.56. The normalized spacial score (nSPS) is 19.5. The first-order valence-electron chi connectivity index (χ1n) is 8.74. The van der Waals surface area contributed by atoms with E-state index in [9.17, 15) is 9.59 Å². The van der Waals surface area contributed by atoms with Gasteiger partial charge in [0.15, 0.2) is 0 Å². The minimum Gasteiger partial charge on any atom is -0.375 e. The molecule has 1 fully saturated rings. The number of thiophene rings is 1. The zero-order chi connectivity index (χ0) is 16.9. The molecule has 2 heterocycles. The maximum Gasteiger partial charge on any atom is 0.254 e. The van der Waals surface area contributed by atoms with Gasteiger partial charge in [-0.15, -0.1) is 23.7 Å². The molecule has 25 heavy (non-hydrogen) atoms. The van der Waals surface area contributed by atoms with Gasteiger partial charge in [0.25, 0.3) is 5.91 Å². The van der Waals surface area contributed by atoms with E-state index in [0.717, 1.165) is 37.8 Å². The van der Waals surface area contributed by atoms with Crippen LogP contribution in [0.2, 0.25) is 0 Å². The zero-order valence-electron chi connectivity index (χ0n) is 14.5. The van der Waals surface area contributed by atoms with Gasteiger partial charge in [0, 0.05) is 24.5 Å². The number of morpholine rings is 1. The van der Waals surface area contributed by atoms with Crippen LogP contribution in [0.25, 0.3) is 0 Å². The van der Waals surface area contributed by atoms with Crippen molar-refractivity contribution in [1.29, 1.82) is 0 Å². The lowest BCUT2D eigenvalue weighted by atomic mass is 9.95. The summed E-state index contributed by atoms with van der Waals surface area (Å²) in [7, 11) is 0. The van der Waals surface area contributed by atoms with Crippen molar-refractivity contribution in [2.24, 2.45) is 0 Å². The molecule has 2 amide bonds. The molecule has 1 aliphatic heterocycles. The second kappa shape index (κ2) is 9.52. The molecule has 0 bridgehead atoms. The van der Waals surface area contributed by atoms with E-state index in [1.165, 1.54) is 4.88 Å². The highest BCUT2D eigenvalue weighted by Crippen LogP contribution is 2.38. The first kappa shape index (κ1) is 20.2. The number of fused-ring (bicyclic) bond motifs is 1. The average Bonchev–Trinajstić information content (AvgIpc) is 2.93. The third-order valence-corrected chi connectivity index (χ3v) is 5.61. The van der Waals surface area contributed by atoms with E-state index in [2.05, 4.69) is 16.0 Å². The highest BCUT2D eigenvalue weighted by Gasteiger charge is 2.26. The molecule has 0 aromatic carbocycles. The molecule has 8 heteroatoms. The molecule has 0 radical (unpaired) electrons. The molecule has 140 valence electrons. The summed E-state index contributed by atoms with van der Waals surface area (Å²) in [6, 6.07) is 0. The van der Waals surface area contributed by atoms with Crippen molar-refractivity contribution in [1.82, 2.24) is 10.6 Å². The van der Waals surface area contributed by atoms with Gasteiger partial charge in [0.05, 0.1) is 24.7 Å². The predicted molar refractivity (Wildman–Crippen MR) is 102 cm³/mol. The van der Waals surface area contributed by atoms with Crippen molar-refractivity contribution in [3.8, 4) is 0 Å². The fraction of sp³-hybridized carbons (Fsp3) is 0.647.